The lowest BCUT2D eigenvalue weighted by Gasteiger charge is -2.36. The molecule has 22 heavy (non-hydrogen) atoms. The highest BCUT2D eigenvalue weighted by atomic mass is 32.2. The van der Waals surface area contributed by atoms with Crippen molar-refractivity contribution in [3.05, 3.63) is 47.3 Å². The lowest BCUT2D eigenvalue weighted by Crippen LogP contribution is -2.42. The van der Waals surface area contributed by atoms with Crippen LogP contribution in [0.5, 0.6) is 0 Å². The Hall–Kier alpha value is -1.66. The number of ether oxygens (including phenoxy) is 1. The largest absolute Gasteiger partial charge is 0.468 e. The molecule has 116 valence electrons. The number of esters is 1. The number of benzene rings is 1. The van der Waals surface area contributed by atoms with Gasteiger partial charge >= 0.3 is 5.97 Å². The molecule has 6 heteroatoms. The van der Waals surface area contributed by atoms with Crippen molar-refractivity contribution in [3.63, 3.8) is 0 Å². The monoisotopic (exact) mass is 321 g/mol. The maximum atomic E-state index is 14.1. The van der Waals surface area contributed by atoms with Crippen molar-refractivity contribution < 1.29 is 18.7 Å². The zero-order chi connectivity index (χ0) is 15.7. The number of rotatable bonds is 3. The smallest absolute Gasteiger partial charge is 0.327 e. The Kier molecular flexibility index (Phi) is 4.31. The minimum Gasteiger partial charge on any atom is -0.468 e. The van der Waals surface area contributed by atoms with E-state index in [1.54, 1.807) is 24.3 Å². The number of methoxy groups -OCH3 is 1. The van der Waals surface area contributed by atoms with Crippen LogP contribution in [-0.4, -0.2) is 41.4 Å². The zero-order valence-corrected chi connectivity index (χ0v) is 12.9. The number of carbonyl (C=O) groups excluding carboxylic acids is 2. The van der Waals surface area contributed by atoms with Crippen molar-refractivity contribution in [2.45, 2.75) is 17.7 Å². The topological polar surface area (TPSA) is 46.6 Å². The molecule has 1 fully saturated rings. The first kappa shape index (κ1) is 15.2. The fourth-order valence-corrected chi connectivity index (χ4v) is 4.00. The minimum atomic E-state index is -0.784. The van der Waals surface area contributed by atoms with E-state index in [0.29, 0.717) is 18.7 Å². The van der Waals surface area contributed by atoms with E-state index in [1.165, 1.54) is 24.9 Å². The Bertz CT molecular complexity index is 646. The molecule has 3 rings (SSSR count). The van der Waals surface area contributed by atoms with Crippen LogP contribution in [0.2, 0.25) is 0 Å². The molecular weight excluding hydrogens is 305 g/mol. The molecule has 1 unspecified atom stereocenters. The van der Waals surface area contributed by atoms with Gasteiger partial charge in [-0.25, -0.2) is 9.18 Å². The molecule has 1 aromatic carbocycles. The molecule has 1 aromatic rings. The predicted molar refractivity (Wildman–Crippen MR) is 81.8 cm³/mol. The molecule has 0 spiro atoms. The average molecular weight is 321 g/mol. The summed E-state index contributed by atoms with van der Waals surface area (Å²) in [6.45, 7) is 1.11. The molecule has 4 nitrogen and oxygen atoms in total. The second kappa shape index (κ2) is 6.22. The summed E-state index contributed by atoms with van der Waals surface area (Å²) in [5, 5.41) is 0.255. The number of hydrogen-bond acceptors (Lipinski definition) is 5. The maximum Gasteiger partial charge on any atom is 0.327 e. The van der Waals surface area contributed by atoms with E-state index in [9.17, 15) is 14.0 Å². The molecule has 0 saturated carbocycles. The maximum absolute atomic E-state index is 14.1. The van der Waals surface area contributed by atoms with Crippen molar-refractivity contribution in [2.24, 2.45) is 0 Å². The van der Waals surface area contributed by atoms with Crippen LogP contribution in [0.3, 0.4) is 0 Å². The van der Waals surface area contributed by atoms with E-state index >= 15 is 0 Å². The summed E-state index contributed by atoms with van der Waals surface area (Å²) in [6.07, 6.45) is 2.40. The third-order valence-corrected chi connectivity index (χ3v) is 5.20. The number of piperidine rings is 1. The average Bonchev–Trinajstić information content (AvgIpc) is 2.88. The Morgan fingerprint density at radius 2 is 2.23 bits per heavy atom. The Morgan fingerprint density at radius 1 is 1.45 bits per heavy atom. The molecule has 0 N–H and O–H groups in total. The Labute approximate surface area is 132 Å². The molecule has 0 amide bonds. The lowest BCUT2D eigenvalue weighted by atomic mass is 9.98. The van der Waals surface area contributed by atoms with E-state index in [-0.39, 0.29) is 10.4 Å². The number of thioether (sulfide) groups is 1. The highest BCUT2D eigenvalue weighted by Gasteiger charge is 2.37. The summed E-state index contributed by atoms with van der Waals surface area (Å²) >= 11 is 1.33. The molecular formula is C16H16FNO3S. The van der Waals surface area contributed by atoms with Crippen molar-refractivity contribution in [1.82, 2.24) is 4.90 Å². The van der Waals surface area contributed by atoms with Crippen molar-refractivity contribution >= 4 is 22.8 Å². The standard InChI is InChI=1S/C16H16FNO3S/c1-21-16(20)15(11-4-2-3-5-12(11)17)18-7-6-13-10(9-18)8-14(19)22-13/h2-5,8,13,15H,6-7,9H2,1H3/t13?,15-/m0/s1. The number of carbonyl (C=O) groups is 2. The van der Waals surface area contributed by atoms with Crippen molar-refractivity contribution in [1.29, 1.82) is 0 Å². The fourth-order valence-electron chi connectivity index (χ4n) is 2.98. The van der Waals surface area contributed by atoms with Crippen LogP contribution in [0.15, 0.2) is 35.9 Å². The van der Waals surface area contributed by atoms with Gasteiger partial charge in [-0.2, -0.15) is 0 Å². The number of hydrogen-bond donors (Lipinski definition) is 0. The van der Waals surface area contributed by atoms with Gasteiger partial charge in [-0.05, 0) is 24.1 Å². The van der Waals surface area contributed by atoms with Crippen LogP contribution in [-0.2, 0) is 14.3 Å². The first-order valence-electron chi connectivity index (χ1n) is 7.07. The van der Waals surface area contributed by atoms with Gasteiger partial charge < -0.3 is 4.74 Å². The van der Waals surface area contributed by atoms with Gasteiger partial charge in [0.1, 0.15) is 11.9 Å². The molecule has 0 aromatic heterocycles. The summed E-state index contributed by atoms with van der Waals surface area (Å²) in [4.78, 5) is 25.6. The van der Waals surface area contributed by atoms with Crippen molar-refractivity contribution in [2.75, 3.05) is 20.2 Å². The SMILES string of the molecule is COC(=O)[C@H](c1ccccc1F)N1CCC2SC(=O)C=C2C1. The summed E-state index contributed by atoms with van der Waals surface area (Å²) < 4.78 is 19.0. The van der Waals surface area contributed by atoms with Crippen LogP contribution in [0, 0.1) is 5.82 Å². The van der Waals surface area contributed by atoms with E-state index in [1.807, 2.05) is 4.90 Å². The van der Waals surface area contributed by atoms with Crippen LogP contribution >= 0.6 is 11.8 Å². The number of halogens is 1. The van der Waals surface area contributed by atoms with Crippen LogP contribution in [0.1, 0.15) is 18.0 Å². The summed E-state index contributed by atoms with van der Waals surface area (Å²) in [5.74, 6) is -0.910. The molecule has 2 heterocycles. The van der Waals surface area contributed by atoms with E-state index in [2.05, 4.69) is 0 Å². The van der Waals surface area contributed by atoms with Crippen LogP contribution < -0.4 is 0 Å². The molecule has 0 aliphatic carbocycles. The van der Waals surface area contributed by atoms with Gasteiger partial charge in [-0.3, -0.25) is 9.69 Å². The van der Waals surface area contributed by atoms with Crippen LogP contribution in [0.25, 0.3) is 0 Å². The Morgan fingerprint density at radius 3 is 2.95 bits per heavy atom. The normalized spacial score (nSPS) is 22.9. The number of nitrogens with zero attached hydrogens (tertiary/aromatic N) is 1. The second-order valence-electron chi connectivity index (χ2n) is 5.35. The molecule has 2 aliphatic rings. The molecule has 0 radical (unpaired) electrons. The predicted octanol–water partition coefficient (Wildman–Crippen LogP) is 2.31. The number of likely N-dealkylation sites (tertiary alicyclic amines) is 1. The van der Waals surface area contributed by atoms with Gasteiger partial charge in [-0.1, -0.05) is 30.0 Å². The highest BCUT2D eigenvalue weighted by molar-refractivity contribution is 8.15. The fraction of sp³-hybridized carbons (Fsp3) is 0.375. The first-order chi connectivity index (χ1) is 10.6. The molecule has 0 bridgehead atoms. The van der Waals surface area contributed by atoms with E-state index in [4.69, 9.17) is 4.74 Å². The summed E-state index contributed by atoms with van der Waals surface area (Å²) in [6, 6.07) is 5.45. The molecule has 2 aliphatic heterocycles. The second-order valence-corrected chi connectivity index (χ2v) is 6.56. The molecule has 2 atom stereocenters. The van der Waals surface area contributed by atoms with Gasteiger partial charge in [0.2, 0.25) is 5.12 Å². The molecule has 1 saturated heterocycles. The van der Waals surface area contributed by atoms with Crippen LogP contribution in [0.4, 0.5) is 4.39 Å². The third kappa shape index (κ3) is 2.80. The summed E-state index contributed by atoms with van der Waals surface area (Å²) in [5.41, 5.74) is 1.32. The van der Waals surface area contributed by atoms with Gasteiger partial charge in [0, 0.05) is 23.9 Å². The van der Waals surface area contributed by atoms with Gasteiger partial charge in [-0.15, -0.1) is 0 Å². The first-order valence-corrected chi connectivity index (χ1v) is 7.95. The van der Waals surface area contributed by atoms with Gasteiger partial charge in [0.05, 0.1) is 7.11 Å². The third-order valence-electron chi connectivity index (χ3n) is 4.03. The summed E-state index contributed by atoms with van der Waals surface area (Å²) in [7, 11) is 1.30. The zero-order valence-electron chi connectivity index (χ0n) is 12.1. The highest BCUT2D eigenvalue weighted by Crippen LogP contribution is 2.37. The minimum absolute atomic E-state index is 0.0577. The van der Waals surface area contributed by atoms with Gasteiger partial charge in [0.25, 0.3) is 0 Å². The van der Waals surface area contributed by atoms with Gasteiger partial charge in [0.15, 0.2) is 0 Å². The lowest BCUT2D eigenvalue weighted by molar-refractivity contribution is -0.147. The quantitative estimate of drug-likeness (QED) is 0.800. The van der Waals surface area contributed by atoms with E-state index < -0.39 is 17.8 Å². The van der Waals surface area contributed by atoms with Crippen molar-refractivity contribution in [3.8, 4) is 0 Å². The van der Waals surface area contributed by atoms with E-state index in [0.717, 1.165) is 12.0 Å². The number of fused-ring (bicyclic) bond motifs is 1. The Balaban J connectivity index is 1.91.